The molecule has 1 aliphatic carbocycles. The molecule has 4 heteroatoms. The van der Waals surface area contributed by atoms with Crippen LogP contribution in [0.2, 0.25) is 0 Å². The lowest BCUT2D eigenvalue weighted by Gasteiger charge is -2.42. The average molecular weight is 291 g/mol. The lowest BCUT2D eigenvalue weighted by molar-refractivity contribution is 0.246. The van der Waals surface area contributed by atoms with Crippen molar-refractivity contribution in [3.8, 4) is 6.07 Å². The van der Waals surface area contributed by atoms with Crippen LogP contribution in [-0.2, 0) is 9.84 Å². The Kier molecular flexibility index (Phi) is 3.93. The van der Waals surface area contributed by atoms with Gasteiger partial charge in [-0.2, -0.15) is 5.26 Å². The SMILES string of the molecule is CCCC1CC(C#N)(S(=O)(=O)c2ccc(C)cc2C)C1. The van der Waals surface area contributed by atoms with E-state index >= 15 is 0 Å². The molecule has 0 heterocycles. The largest absolute Gasteiger partial charge is 0.222 e. The molecule has 0 unspecified atom stereocenters. The summed E-state index contributed by atoms with van der Waals surface area (Å²) in [6, 6.07) is 7.40. The van der Waals surface area contributed by atoms with Gasteiger partial charge >= 0.3 is 0 Å². The van der Waals surface area contributed by atoms with E-state index in [1.165, 1.54) is 0 Å². The zero-order valence-corrected chi connectivity index (χ0v) is 13.1. The van der Waals surface area contributed by atoms with Crippen molar-refractivity contribution < 1.29 is 8.42 Å². The molecule has 3 nitrogen and oxygen atoms in total. The summed E-state index contributed by atoms with van der Waals surface area (Å²) < 4.78 is 24.5. The van der Waals surface area contributed by atoms with Crippen molar-refractivity contribution in [1.29, 1.82) is 5.26 Å². The molecule has 0 amide bonds. The molecule has 20 heavy (non-hydrogen) atoms. The highest BCUT2D eigenvalue weighted by atomic mass is 32.2. The van der Waals surface area contributed by atoms with Gasteiger partial charge in [-0.3, -0.25) is 0 Å². The van der Waals surface area contributed by atoms with Crippen molar-refractivity contribution in [3.63, 3.8) is 0 Å². The van der Waals surface area contributed by atoms with Crippen LogP contribution in [0.15, 0.2) is 23.1 Å². The Bertz CT molecular complexity index is 650. The minimum atomic E-state index is -3.57. The van der Waals surface area contributed by atoms with Crippen LogP contribution in [-0.4, -0.2) is 13.2 Å². The van der Waals surface area contributed by atoms with Gasteiger partial charge in [0.05, 0.1) is 11.0 Å². The standard InChI is InChI=1S/C16H21NO2S/c1-4-5-14-9-16(10-14,11-17)20(18,19)15-7-6-12(2)8-13(15)3/h6-8,14H,4-5,9-10H2,1-3H3. The molecule has 0 atom stereocenters. The molecule has 0 aliphatic heterocycles. The lowest BCUT2D eigenvalue weighted by atomic mass is 9.73. The maximum Gasteiger partial charge on any atom is 0.197 e. The van der Waals surface area contributed by atoms with Gasteiger partial charge < -0.3 is 0 Å². The van der Waals surface area contributed by atoms with Crippen LogP contribution in [0.5, 0.6) is 0 Å². The Morgan fingerprint density at radius 1 is 1.35 bits per heavy atom. The summed E-state index contributed by atoms with van der Waals surface area (Å²) in [6.45, 7) is 5.82. The predicted octanol–water partition coefficient (Wildman–Crippen LogP) is 3.55. The molecule has 1 fully saturated rings. The Morgan fingerprint density at radius 3 is 2.50 bits per heavy atom. The van der Waals surface area contributed by atoms with Gasteiger partial charge in [0, 0.05) is 0 Å². The normalized spacial score (nSPS) is 25.8. The predicted molar refractivity (Wildman–Crippen MR) is 79.1 cm³/mol. The highest BCUT2D eigenvalue weighted by Gasteiger charge is 2.55. The number of rotatable bonds is 4. The van der Waals surface area contributed by atoms with Gasteiger partial charge in [0.1, 0.15) is 0 Å². The monoisotopic (exact) mass is 291 g/mol. The number of nitriles is 1. The van der Waals surface area contributed by atoms with Crippen LogP contribution < -0.4 is 0 Å². The van der Waals surface area contributed by atoms with E-state index in [-0.39, 0.29) is 0 Å². The second kappa shape index (κ2) is 5.21. The Balaban J connectivity index is 2.38. The van der Waals surface area contributed by atoms with Crippen LogP contribution in [0.4, 0.5) is 0 Å². The second-order valence-corrected chi connectivity index (χ2v) is 8.17. The van der Waals surface area contributed by atoms with Crippen molar-refractivity contribution >= 4 is 9.84 Å². The first-order chi connectivity index (χ1) is 9.36. The molecular formula is C16H21NO2S. The first kappa shape index (κ1) is 15.1. The molecule has 0 aromatic heterocycles. The minimum absolute atomic E-state index is 0.319. The number of nitrogens with zero attached hydrogens (tertiary/aromatic N) is 1. The van der Waals surface area contributed by atoms with E-state index in [9.17, 15) is 13.7 Å². The maximum absolute atomic E-state index is 12.8. The minimum Gasteiger partial charge on any atom is -0.222 e. The molecule has 0 N–H and O–H groups in total. The second-order valence-electron chi connectivity index (χ2n) is 5.94. The van der Waals surface area contributed by atoms with Gasteiger partial charge in [0.15, 0.2) is 14.6 Å². The Labute approximate surface area is 121 Å². The topological polar surface area (TPSA) is 57.9 Å². The molecule has 0 saturated heterocycles. The fraction of sp³-hybridized carbons (Fsp3) is 0.562. The van der Waals surface area contributed by atoms with E-state index in [4.69, 9.17) is 0 Å². The molecule has 1 aliphatic rings. The first-order valence-electron chi connectivity index (χ1n) is 7.09. The molecule has 1 aromatic carbocycles. The molecule has 0 bridgehead atoms. The lowest BCUT2D eigenvalue weighted by Crippen LogP contribution is -2.49. The highest BCUT2D eigenvalue weighted by molar-refractivity contribution is 7.93. The zero-order valence-electron chi connectivity index (χ0n) is 12.3. The van der Waals surface area contributed by atoms with Gasteiger partial charge in [0.25, 0.3) is 0 Å². The van der Waals surface area contributed by atoms with E-state index in [1.54, 1.807) is 19.1 Å². The Morgan fingerprint density at radius 2 is 2.00 bits per heavy atom. The number of aryl methyl sites for hydroxylation is 2. The van der Waals surface area contributed by atoms with Gasteiger partial charge in [-0.1, -0.05) is 37.5 Å². The molecule has 1 aromatic rings. The Hall–Kier alpha value is -1.34. The van der Waals surface area contributed by atoms with E-state index in [0.717, 1.165) is 24.0 Å². The summed E-state index contributed by atoms with van der Waals surface area (Å²) in [7, 11) is -3.57. The number of hydrogen-bond acceptors (Lipinski definition) is 3. The quantitative estimate of drug-likeness (QED) is 0.852. The fourth-order valence-electron chi connectivity index (χ4n) is 3.17. The van der Waals surface area contributed by atoms with E-state index < -0.39 is 14.6 Å². The van der Waals surface area contributed by atoms with E-state index in [1.807, 2.05) is 13.0 Å². The molecule has 0 spiro atoms. The van der Waals surface area contributed by atoms with Crippen molar-refractivity contribution in [2.75, 3.05) is 0 Å². The summed E-state index contributed by atoms with van der Waals surface area (Å²) in [5.74, 6) is 0.375. The molecular weight excluding hydrogens is 270 g/mol. The van der Waals surface area contributed by atoms with Crippen LogP contribution >= 0.6 is 0 Å². The molecule has 0 radical (unpaired) electrons. The summed E-state index contributed by atoms with van der Waals surface area (Å²) >= 11 is 0. The van der Waals surface area contributed by atoms with Crippen molar-refractivity contribution in [1.82, 2.24) is 0 Å². The van der Waals surface area contributed by atoms with Crippen LogP contribution in [0, 0.1) is 31.1 Å². The van der Waals surface area contributed by atoms with Gasteiger partial charge in [-0.15, -0.1) is 0 Å². The number of sulfone groups is 1. The fourth-order valence-corrected chi connectivity index (χ4v) is 5.35. The van der Waals surface area contributed by atoms with E-state index in [0.29, 0.717) is 23.7 Å². The molecule has 1 saturated carbocycles. The third-order valence-corrected chi connectivity index (χ3v) is 6.76. The summed E-state index contributed by atoms with van der Waals surface area (Å²) in [6.07, 6.45) is 3.00. The molecule has 2 rings (SSSR count). The third-order valence-electron chi connectivity index (χ3n) is 4.27. The summed E-state index contributed by atoms with van der Waals surface area (Å²) in [4.78, 5) is 0.319. The molecule has 108 valence electrons. The van der Waals surface area contributed by atoms with Crippen LogP contribution in [0.3, 0.4) is 0 Å². The van der Waals surface area contributed by atoms with Gasteiger partial charge in [-0.25, -0.2) is 8.42 Å². The summed E-state index contributed by atoms with van der Waals surface area (Å²) in [5.41, 5.74) is 1.77. The van der Waals surface area contributed by atoms with Crippen molar-refractivity contribution in [2.45, 2.75) is 56.1 Å². The third kappa shape index (κ3) is 2.25. The maximum atomic E-state index is 12.8. The van der Waals surface area contributed by atoms with Crippen LogP contribution in [0.25, 0.3) is 0 Å². The van der Waals surface area contributed by atoms with Gasteiger partial charge in [0.2, 0.25) is 0 Å². The van der Waals surface area contributed by atoms with Gasteiger partial charge in [-0.05, 0) is 44.2 Å². The number of benzene rings is 1. The highest BCUT2D eigenvalue weighted by Crippen LogP contribution is 2.48. The van der Waals surface area contributed by atoms with Crippen LogP contribution in [0.1, 0.15) is 43.7 Å². The van der Waals surface area contributed by atoms with Crippen molar-refractivity contribution in [3.05, 3.63) is 29.3 Å². The van der Waals surface area contributed by atoms with E-state index in [2.05, 4.69) is 13.0 Å². The van der Waals surface area contributed by atoms with Crippen molar-refractivity contribution in [2.24, 2.45) is 5.92 Å². The smallest absolute Gasteiger partial charge is 0.197 e. The summed E-state index contributed by atoms with van der Waals surface area (Å²) in [5, 5.41) is 9.44. The first-order valence-corrected chi connectivity index (χ1v) is 8.58. The number of hydrogen-bond donors (Lipinski definition) is 0. The zero-order chi connectivity index (χ0) is 15.0. The average Bonchev–Trinajstić information content (AvgIpc) is 2.32.